The van der Waals surface area contributed by atoms with E-state index < -0.39 is 15.9 Å². The lowest BCUT2D eigenvalue weighted by Crippen LogP contribution is -2.50. The zero-order chi connectivity index (χ0) is 18.8. The summed E-state index contributed by atoms with van der Waals surface area (Å²) in [5, 5.41) is 0. The van der Waals surface area contributed by atoms with Crippen LogP contribution in [0.4, 0.5) is 8.78 Å². The van der Waals surface area contributed by atoms with Gasteiger partial charge in [0, 0.05) is 44.9 Å². The van der Waals surface area contributed by atoms with Crippen molar-refractivity contribution < 1.29 is 22.0 Å². The molecule has 0 radical (unpaired) electrons. The molecule has 0 aromatic rings. The summed E-state index contributed by atoms with van der Waals surface area (Å²) in [6.07, 6.45) is 6.18. The Hall–Kier alpha value is -0.760. The molecule has 3 rings (SSSR count). The highest BCUT2D eigenvalue weighted by atomic mass is 32.2. The number of likely N-dealkylation sites (tertiary alicyclic amines) is 1. The first-order valence-electron chi connectivity index (χ1n) is 9.94. The van der Waals surface area contributed by atoms with Gasteiger partial charge < -0.3 is 4.90 Å². The highest BCUT2D eigenvalue weighted by molar-refractivity contribution is 7.89. The van der Waals surface area contributed by atoms with Gasteiger partial charge in [0.1, 0.15) is 0 Å². The Morgan fingerprint density at radius 1 is 1.00 bits per heavy atom. The largest absolute Gasteiger partial charge is 0.342 e. The number of hydrogen-bond acceptors (Lipinski definition) is 3. The molecule has 1 saturated carbocycles. The molecule has 0 bridgehead atoms. The molecule has 0 spiro atoms. The fourth-order valence-corrected chi connectivity index (χ4v) is 6.53. The lowest BCUT2D eigenvalue weighted by molar-refractivity contribution is -0.137. The molecule has 2 unspecified atom stereocenters. The number of carbonyl (C=O) groups excluding carboxylic acids is 1. The van der Waals surface area contributed by atoms with E-state index in [4.69, 9.17) is 0 Å². The minimum atomic E-state index is -3.36. The summed E-state index contributed by atoms with van der Waals surface area (Å²) < 4.78 is 53.6. The average molecular weight is 393 g/mol. The molecule has 0 aromatic heterocycles. The van der Waals surface area contributed by atoms with Gasteiger partial charge in [-0.25, -0.2) is 17.2 Å². The molecule has 2 atom stereocenters. The summed E-state index contributed by atoms with van der Waals surface area (Å²) in [4.78, 5) is 13.6. The van der Waals surface area contributed by atoms with Crippen LogP contribution in [0.2, 0.25) is 0 Å². The SMILES string of the molecule is O=C(CCCS(=O)(=O)N1CCCC2CCCCC21)N1CCC(F)(F)CC1. The summed E-state index contributed by atoms with van der Waals surface area (Å²) in [6.45, 7) is 0.724. The number of piperidine rings is 2. The van der Waals surface area contributed by atoms with Gasteiger partial charge in [0.15, 0.2) is 0 Å². The standard InChI is InChI=1S/C18H30F2N2O3S/c19-18(20)9-12-21(13-10-18)17(23)8-4-14-26(24,25)22-11-3-6-15-5-1-2-7-16(15)22/h15-16H,1-14H2. The zero-order valence-corrected chi connectivity index (χ0v) is 16.2. The molecule has 5 nitrogen and oxygen atoms in total. The number of carbonyl (C=O) groups is 1. The third kappa shape index (κ3) is 4.74. The Morgan fingerprint density at radius 2 is 1.65 bits per heavy atom. The average Bonchev–Trinajstić information content (AvgIpc) is 2.61. The van der Waals surface area contributed by atoms with Crippen molar-refractivity contribution in [2.45, 2.75) is 76.2 Å². The maximum atomic E-state index is 13.2. The molecule has 8 heteroatoms. The van der Waals surface area contributed by atoms with Crippen molar-refractivity contribution in [2.75, 3.05) is 25.4 Å². The van der Waals surface area contributed by atoms with E-state index >= 15 is 0 Å². The summed E-state index contributed by atoms with van der Waals surface area (Å²) in [7, 11) is -3.36. The number of alkyl halides is 2. The van der Waals surface area contributed by atoms with Gasteiger partial charge in [-0.2, -0.15) is 4.31 Å². The first-order chi connectivity index (χ1) is 12.3. The fourth-order valence-electron chi connectivity index (χ4n) is 4.69. The van der Waals surface area contributed by atoms with E-state index in [0.717, 1.165) is 32.1 Å². The van der Waals surface area contributed by atoms with Crippen molar-refractivity contribution in [2.24, 2.45) is 5.92 Å². The van der Waals surface area contributed by atoms with Crippen molar-refractivity contribution in [1.29, 1.82) is 0 Å². The van der Waals surface area contributed by atoms with Crippen LogP contribution < -0.4 is 0 Å². The molecule has 3 fully saturated rings. The fraction of sp³-hybridized carbons (Fsp3) is 0.944. The van der Waals surface area contributed by atoms with Gasteiger partial charge >= 0.3 is 0 Å². The Morgan fingerprint density at radius 3 is 2.38 bits per heavy atom. The van der Waals surface area contributed by atoms with Crippen LogP contribution in [-0.4, -0.2) is 60.9 Å². The second kappa shape index (κ2) is 8.09. The summed E-state index contributed by atoms with van der Waals surface area (Å²) >= 11 is 0. The summed E-state index contributed by atoms with van der Waals surface area (Å²) in [5.74, 6) is -2.41. The smallest absolute Gasteiger partial charge is 0.251 e. The first-order valence-corrected chi connectivity index (χ1v) is 11.5. The lowest BCUT2D eigenvalue weighted by atomic mass is 9.79. The molecular formula is C18H30F2N2O3S. The number of halogens is 2. The maximum absolute atomic E-state index is 13.2. The van der Waals surface area contributed by atoms with Crippen molar-refractivity contribution in [1.82, 2.24) is 9.21 Å². The first kappa shape index (κ1) is 20.0. The van der Waals surface area contributed by atoms with E-state index in [9.17, 15) is 22.0 Å². The minimum absolute atomic E-state index is 0.0219. The molecule has 2 heterocycles. The predicted molar refractivity (Wildman–Crippen MR) is 95.5 cm³/mol. The maximum Gasteiger partial charge on any atom is 0.251 e. The number of fused-ring (bicyclic) bond motifs is 1. The zero-order valence-electron chi connectivity index (χ0n) is 15.3. The molecule has 26 heavy (non-hydrogen) atoms. The molecule has 1 aliphatic carbocycles. The van der Waals surface area contributed by atoms with E-state index in [2.05, 4.69) is 0 Å². The van der Waals surface area contributed by atoms with Gasteiger partial charge in [-0.15, -0.1) is 0 Å². The van der Waals surface area contributed by atoms with Crippen molar-refractivity contribution in [3.8, 4) is 0 Å². The quantitative estimate of drug-likeness (QED) is 0.723. The number of rotatable bonds is 5. The van der Waals surface area contributed by atoms with Crippen LogP contribution in [0, 0.1) is 5.92 Å². The van der Waals surface area contributed by atoms with Crippen molar-refractivity contribution >= 4 is 15.9 Å². The second-order valence-corrected chi connectivity index (χ2v) is 10.1. The van der Waals surface area contributed by atoms with Crippen molar-refractivity contribution in [3.05, 3.63) is 0 Å². The number of amides is 1. The molecule has 150 valence electrons. The highest BCUT2D eigenvalue weighted by Crippen LogP contribution is 2.36. The monoisotopic (exact) mass is 392 g/mol. The molecule has 1 amide bonds. The molecular weight excluding hydrogens is 362 g/mol. The molecule has 3 aliphatic rings. The Kier molecular flexibility index (Phi) is 6.22. The molecule has 2 saturated heterocycles. The van der Waals surface area contributed by atoms with E-state index in [1.54, 1.807) is 4.31 Å². The Bertz CT molecular complexity index is 600. The molecule has 0 N–H and O–H groups in total. The number of nitrogens with zero attached hydrogens (tertiary/aromatic N) is 2. The normalized spacial score (nSPS) is 30.0. The third-order valence-electron chi connectivity index (χ3n) is 6.19. The van der Waals surface area contributed by atoms with E-state index in [1.165, 1.54) is 11.3 Å². The lowest BCUT2D eigenvalue weighted by Gasteiger charge is -2.43. The van der Waals surface area contributed by atoms with Gasteiger partial charge in [0.25, 0.3) is 5.92 Å². The molecule has 0 aromatic carbocycles. The van der Waals surface area contributed by atoms with Crippen LogP contribution in [0.5, 0.6) is 0 Å². The van der Waals surface area contributed by atoms with Crippen LogP contribution in [0.25, 0.3) is 0 Å². The summed E-state index contributed by atoms with van der Waals surface area (Å²) in [5.41, 5.74) is 0. The van der Waals surface area contributed by atoms with E-state index in [-0.39, 0.29) is 56.5 Å². The second-order valence-electron chi connectivity index (χ2n) is 8.02. The van der Waals surface area contributed by atoms with E-state index in [1.807, 2.05) is 0 Å². The highest BCUT2D eigenvalue weighted by Gasteiger charge is 2.39. The minimum Gasteiger partial charge on any atom is -0.342 e. The van der Waals surface area contributed by atoms with Gasteiger partial charge in [-0.1, -0.05) is 12.8 Å². The topological polar surface area (TPSA) is 57.7 Å². The van der Waals surface area contributed by atoms with Crippen LogP contribution >= 0.6 is 0 Å². The Labute approximate surface area is 155 Å². The third-order valence-corrected chi connectivity index (χ3v) is 8.16. The number of sulfonamides is 1. The van der Waals surface area contributed by atoms with Crippen molar-refractivity contribution in [3.63, 3.8) is 0 Å². The number of hydrogen-bond donors (Lipinski definition) is 0. The van der Waals surface area contributed by atoms with Crippen LogP contribution in [0.1, 0.15) is 64.2 Å². The molecule has 2 aliphatic heterocycles. The van der Waals surface area contributed by atoms with Gasteiger partial charge in [0.2, 0.25) is 15.9 Å². The van der Waals surface area contributed by atoms with Gasteiger partial charge in [-0.05, 0) is 38.0 Å². The Balaban J connectivity index is 1.48. The predicted octanol–water partition coefficient (Wildman–Crippen LogP) is 3.01. The van der Waals surface area contributed by atoms with Gasteiger partial charge in [0.05, 0.1) is 5.75 Å². The summed E-state index contributed by atoms with van der Waals surface area (Å²) in [6, 6.07) is 0.141. The van der Waals surface area contributed by atoms with Gasteiger partial charge in [-0.3, -0.25) is 4.79 Å². The van der Waals surface area contributed by atoms with Crippen LogP contribution in [-0.2, 0) is 14.8 Å². The van der Waals surface area contributed by atoms with E-state index in [0.29, 0.717) is 12.5 Å². The van der Waals surface area contributed by atoms with Crippen LogP contribution in [0.15, 0.2) is 0 Å². The van der Waals surface area contributed by atoms with Crippen LogP contribution in [0.3, 0.4) is 0 Å².